The van der Waals surface area contributed by atoms with Gasteiger partial charge in [0.25, 0.3) is 0 Å². The first-order valence-corrected chi connectivity index (χ1v) is 10.9. The minimum absolute atomic E-state index is 0.149. The summed E-state index contributed by atoms with van der Waals surface area (Å²) >= 11 is 0. The summed E-state index contributed by atoms with van der Waals surface area (Å²) in [6.07, 6.45) is 0. The second-order valence-electron chi connectivity index (χ2n) is 7.95. The number of aromatic hydroxyl groups is 3. The van der Waals surface area contributed by atoms with Crippen molar-refractivity contribution in [1.29, 1.82) is 0 Å². The van der Waals surface area contributed by atoms with Crippen molar-refractivity contribution >= 4 is 17.9 Å². The molecule has 3 aromatic carbocycles. The van der Waals surface area contributed by atoms with Crippen LogP contribution in [0, 0.1) is 0 Å². The first kappa shape index (κ1) is 29.5. The predicted octanol–water partition coefficient (Wildman–Crippen LogP) is 4.74. The van der Waals surface area contributed by atoms with Crippen molar-refractivity contribution in [2.45, 2.75) is 38.5 Å². The van der Waals surface area contributed by atoms with E-state index in [0.717, 1.165) is 0 Å². The highest BCUT2D eigenvalue weighted by Crippen LogP contribution is 2.20. The largest absolute Gasteiger partial charge is 0.508 e. The Kier molecular flexibility index (Phi) is 11.5. The van der Waals surface area contributed by atoms with Gasteiger partial charge >= 0.3 is 17.9 Å². The van der Waals surface area contributed by atoms with Crippen LogP contribution in [0.2, 0.25) is 0 Å². The number of phenols is 3. The molecule has 6 N–H and O–H groups in total. The van der Waals surface area contributed by atoms with Gasteiger partial charge in [-0.1, -0.05) is 36.4 Å². The lowest BCUT2D eigenvalue weighted by molar-refractivity contribution is -0.139. The van der Waals surface area contributed by atoms with Gasteiger partial charge in [-0.05, 0) is 73.9 Å². The Labute approximate surface area is 208 Å². The molecule has 3 rings (SSSR count). The Morgan fingerprint density at radius 1 is 0.444 bits per heavy atom. The summed E-state index contributed by atoms with van der Waals surface area (Å²) in [7, 11) is 0. The lowest BCUT2D eigenvalue weighted by Gasteiger charge is -2.05. The van der Waals surface area contributed by atoms with E-state index in [0.29, 0.717) is 16.7 Å². The SMILES string of the molecule is CC(C(=O)O)c1ccc(O)cc1.C[C@@H](C(=O)O)c1ccc(O)cc1.C[C@@H](C(=O)O)c1ccc(O)cc1. The topological polar surface area (TPSA) is 173 Å². The molecule has 0 bridgehead atoms. The minimum atomic E-state index is -0.860. The van der Waals surface area contributed by atoms with Gasteiger partial charge in [0.15, 0.2) is 0 Å². The van der Waals surface area contributed by atoms with Gasteiger partial charge in [0, 0.05) is 0 Å². The van der Waals surface area contributed by atoms with Crippen LogP contribution in [-0.4, -0.2) is 48.5 Å². The number of hydrogen-bond donors (Lipinski definition) is 6. The van der Waals surface area contributed by atoms with E-state index in [9.17, 15) is 14.4 Å². The molecule has 3 aromatic rings. The average Bonchev–Trinajstić information content (AvgIpc) is 2.84. The van der Waals surface area contributed by atoms with E-state index >= 15 is 0 Å². The quantitative estimate of drug-likeness (QED) is 0.280. The average molecular weight is 499 g/mol. The maximum Gasteiger partial charge on any atom is 0.310 e. The Morgan fingerprint density at radius 3 is 0.750 bits per heavy atom. The highest BCUT2D eigenvalue weighted by molar-refractivity contribution is 5.76. The summed E-state index contributed by atoms with van der Waals surface area (Å²) in [5.74, 6) is -3.70. The van der Waals surface area contributed by atoms with E-state index in [1.165, 1.54) is 36.4 Å². The summed E-state index contributed by atoms with van der Waals surface area (Å²) in [5, 5.41) is 52.7. The number of carbonyl (C=O) groups is 3. The van der Waals surface area contributed by atoms with Gasteiger partial charge in [0.1, 0.15) is 17.2 Å². The fourth-order valence-electron chi connectivity index (χ4n) is 2.72. The number of benzene rings is 3. The van der Waals surface area contributed by atoms with E-state index in [-0.39, 0.29) is 17.2 Å². The maximum absolute atomic E-state index is 10.5. The van der Waals surface area contributed by atoms with Crippen molar-refractivity contribution in [3.63, 3.8) is 0 Å². The predicted molar refractivity (Wildman–Crippen MR) is 132 cm³/mol. The molecule has 0 aliphatic rings. The third-order valence-corrected chi connectivity index (χ3v) is 5.29. The summed E-state index contributed by atoms with van der Waals surface area (Å²) in [6.45, 7) is 4.82. The summed E-state index contributed by atoms with van der Waals surface area (Å²) in [4.78, 5) is 31.6. The maximum atomic E-state index is 10.5. The van der Waals surface area contributed by atoms with Crippen LogP contribution in [0.15, 0.2) is 72.8 Å². The van der Waals surface area contributed by atoms with Crippen molar-refractivity contribution in [2.24, 2.45) is 0 Å². The standard InChI is InChI=1S/3C9H10O3/c3*1-6(9(11)12)7-2-4-8(10)5-3-7/h3*2-6,10H,1H3,(H,11,12)/t2*6-;/m11./s1. The normalized spacial score (nSPS) is 12.4. The van der Waals surface area contributed by atoms with Crippen LogP contribution in [0.1, 0.15) is 55.2 Å². The van der Waals surface area contributed by atoms with Gasteiger partial charge in [-0.25, -0.2) is 0 Å². The lowest BCUT2D eigenvalue weighted by Crippen LogP contribution is -2.06. The molecule has 0 heterocycles. The second kappa shape index (κ2) is 14.0. The molecule has 192 valence electrons. The number of aliphatic carboxylic acids is 3. The van der Waals surface area contributed by atoms with Gasteiger partial charge in [0.05, 0.1) is 17.8 Å². The summed E-state index contributed by atoms with van der Waals surface area (Å²) < 4.78 is 0. The molecule has 0 fully saturated rings. The number of carboxylic acid groups (broad SMARTS) is 3. The molecule has 0 aromatic heterocycles. The van der Waals surface area contributed by atoms with Crippen molar-refractivity contribution in [3.8, 4) is 17.2 Å². The van der Waals surface area contributed by atoms with Gasteiger partial charge in [-0.3, -0.25) is 14.4 Å². The Hall–Kier alpha value is -4.53. The molecule has 0 aliphatic carbocycles. The molecule has 36 heavy (non-hydrogen) atoms. The number of phenolic OH excluding ortho intramolecular Hbond substituents is 3. The zero-order chi connectivity index (χ0) is 27.4. The van der Waals surface area contributed by atoms with Crippen LogP contribution in [0.4, 0.5) is 0 Å². The molecule has 0 aliphatic heterocycles. The third-order valence-electron chi connectivity index (χ3n) is 5.29. The van der Waals surface area contributed by atoms with Crippen LogP contribution in [0.3, 0.4) is 0 Å². The van der Waals surface area contributed by atoms with Crippen molar-refractivity contribution in [3.05, 3.63) is 89.5 Å². The van der Waals surface area contributed by atoms with Crippen molar-refractivity contribution in [2.75, 3.05) is 0 Å². The molecule has 3 atom stereocenters. The fraction of sp³-hybridized carbons (Fsp3) is 0.222. The molecule has 0 saturated heterocycles. The minimum Gasteiger partial charge on any atom is -0.508 e. The molecule has 0 radical (unpaired) electrons. The van der Waals surface area contributed by atoms with Gasteiger partial charge in [-0.15, -0.1) is 0 Å². The van der Waals surface area contributed by atoms with E-state index < -0.39 is 35.7 Å². The molecular formula is C27H30O9. The Morgan fingerprint density at radius 2 is 0.611 bits per heavy atom. The Balaban J connectivity index is 0.000000270. The van der Waals surface area contributed by atoms with Gasteiger partial charge < -0.3 is 30.6 Å². The van der Waals surface area contributed by atoms with Gasteiger partial charge in [-0.2, -0.15) is 0 Å². The van der Waals surface area contributed by atoms with E-state index in [4.69, 9.17) is 30.6 Å². The molecule has 0 saturated carbocycles. The molecule has 9 heteroatoms. The Bertz CT molecular complexity index is 975. The smallest absolute Gasteiger partial charge is 0.310 e. The number of hydrogen-bond acceptors (Lipinski definition) is 6. The van der Waals surface area contributed by atoms with Crippen LogP contribution in [0.25, 0.3) is 0 Å². The number of carboxylic acids is 3. The monoisotopic (exact) mass is 498 g/mol. The van der Waals surface area contributed by atoms with Crippen molar-refractivity contribution in [1.82, 2.24) is 0 Å². The second-order valence-corrected chi connectivity index (χ2v) is 7.95. The fourth-order valence-corrected chi connectivity index (χ4v) is 2.72. The molecule has 0 spiro atoms. The highest BCUT2D eigenvalue weighted by atomic mass is 16.4. The number of rotatable bonds is 6. The molecule has 9 nitrogen and oxygen atoms in total. The zero-order valence-corrected chi connectivity index (χ0v) is 20.1. The van der Waals surface area contributed by atoms with Crippen molar-refractivity contribution < 1.29 is 45.0 Å². The summed E-state index contributed by atoms with van der Waals surface area (Å²) in [6, 6.07) is 18.5. The van der Waals surface area contributed by atoms with Crippen LogP contribution >= 0.6 is 0 Å². The molecule has 0 amide bonds. The van der Waals surface area contributed by atoms with E-state index in [1.54, 1.807) is 57.2 Å². The van der Waals surface area contributed by atoms with E-state index in [1.807, 2.05) is 0 Å². The van der Waals surface area contributed by atoms with E-state index in [2.05, 4.69) is 0 Å². The highest BCUT2D eigenvalue weighted by Gasteiger charge is 2.14. The lowest BCUT2D eigenvalue weighted by atomic mass is 10.0. The first-order chi connectivity index (χ1) is 16.8. The van der Waals surface area contributed by atoms with Crippen LogP contribution in [-0.2, 0) is 14.4 Å². The molecule has 1 unspecified atom stereocenters. The third kappa shape index (κ3) is 9.76. The van der Waals surface area contributed by atoms with Crippen LogP contribution in [0.5, 0.6) is 17.2 Å². The first-order valence-electron chi connectivity index (χ1n) is 10.9. The molecular weight excluding hydrogens is 468 g/mol. The zero-order valence-electron chi connectivity index (χ0n) is 20.1. The van der Waals surface area contributed by atoms with Crippen LogP contribution < -0.4 is 0 Å². The summed E-state index contributed by atoms with van der Waals surface area (Å²) in [5.41, 5.74) is 2.08. The van der Waals surface area contributed by atoms with Gasteiger partial charge in [0.2, 0.25) is 0 Å².